The minimum Gasteiger partial charge on any atom is -0.320 e. The molecule has 0 bridgehead atoms. The lowest BCUT2D eigenvalue weighted by molar-refractivity contribution is 0.101. The predicted molar refractivity (Wildman–Crippen MR) is 81.5 cm³/mol. The van der Waals surface area contributed by atoms with E-state index in [2.05, 4.69) is 10.4 Å². The summed E-state index contributed by atoms with van der Waals surface area (Å²) in [5.41, 5.74) is 3.98. The monoisotopic (exact) mass is 291 g/mol. The van der Waals surface area contributed by atoms with Gasteiger partial charge in [0.1, 0.15) is 5.69 Å². The van der Waals surface area contributed by atoms with E-state index in [9.17, 15) is 4.79 Å². The van der Waals surface area contributed by atoms with Gasteiger partial charge in [-0.2, -0.15) is 5.10 Å². The smallest absolute Gasteiger partial charge is 0.275 e. The van der Waals surface area contributed by atoms with Crippen molar-refractivity contribution < 1.29 is 4.79 Å². The highest BCUT2D eigenvalue weighted by Gasteiger charge is 2.20. The number of rotatable bonds is 3. The van der Waals surface area contributed by atoms with Crippen molar-refractivity contribution in [1.29, 1.82) is 0 Å². The van der Waals surface area contributed by atoms with Crippen LogP contribution < -0.4 is 5.32 Å². The first-order chi connectivity index (χ1) is 9.43. The van der Waals surface area contributed by atoms with Crippen LogP contribution >= 0.6 is 11.6 Å². The van der Waals surface area contributed by atoms with E-state index in [1.807, 2.05) is 39.0 Å². The Kier molecular flexibility index (Phi) is 4.14. The lowest BCUT2D eigenvalue weighted by Crippen LogP contribution is -2.18. The first-order valence-electron chi connectivity index (χ1n) is 6.55. The number of amides is 1. The largest absolute Gasteiger partial charge is 0.320 e. The summed E-state index contributed by atoms with van der Waals surface area (Å²) in [6.45, 7) is 8.27. The summed E-state index contributed by atoms with van der Waals surface area (Å²) in [5, 5.41) is 7.58. The van der Waals surface area contributed by atoms with Crippen molar-refractivity contribution in [2.24, 2.45) is 0 Å². The number of anilines is 1. The second kappa shape index (κ2) is 5.67. The Balaban J connectivity index is 2.35. The Hall–Kier alpha value is -1.81. The fourth-order valence-electron chi connectivity index (χ4n) is 2.06. The summed E-state index contributed by atoms with van der Waals surface area (Å²) in [7, 11) is 0. The maximum absolute atomic E-state index is 12.4. The van der Waals surface area contributed by atoms with Gasteiger partial charge in [-0.05, 0) is 44.9 Å². The van der Waals surface area contributed by atoms with Crippen molar-refractivity contribution in [2.75, 3.05) is 5.32 Å². The molecule has 1 heterocycles. The standard InChI is InChI=1S/C15H18ClN3O/c1-5-19-14(13(16)11(4)18-19)15(20)17-12-8-9(2)6-7-10(12)3/h6-8H,5H2,1-4H3,(H,17,20). The van der Waals surface area contributed by atoms with E-state index < -0.39 is 0 Å². The highest BCUT2D eigenvalue weighted by molar-refractivity contribution is 6.34. The molecule has 0 aliphatic rings. The third-order valence-corrected chi connectivity index (χ3v) is 3.66. The van der Waals surface area contributed by atoms with Crippen molar-refractivity contribution in [1.82, 2.24) is 9.78 Å². The number of aryl methyl sites for hydroxylation is 4. The van der Waals surface area contributed by atoms with Crippen LogP contribution in [0.25, 0.3) is 0 Å². The number of benzene rings is 1. The zero-order chi connectivity index (χ0) is 14.9. The average molecular weight is 292 g/mol. The lowest BCUT2D eigenvalue weighted by Gasteiger charge is -2.10. The molecule has 1 aromatic carbocycles. The van der Waals surface area contributed by atoms with Crippen LogP contribution in [-0.2, 0) is 6.54 Å². The van der Waals surface area contributed by atoms with E-state index in [0.29, 0.717) is 23.0 Å². The molecule has 1 amide bonds. The number of carbonyl (C=O) groups excluding carboxylic acids is 1. The molecule has 0 saturated heterocycles. The van der Waals surface area contributed by atoms with Crippen molar-refractivity contribution in [2.45, 2.75) is 34.2 Å². The molecular formula is C15H18ClN3O. The van der Waals surface area contributed by atoms with Crippen molar-refractivity contribution in [3.05, 3.63) is 45.7 Å². The van der Waals surface area contributed by atoms with E-state index >= 15 is 0 Å². The van der Waals surface area contributed by atoms with Gasteiger partial charge in [-0.25, -0.2) is 0 Å². The van der Waals surface area contributed by atoms with Gasteiger partial charge in [-0.15, -0.1) is 0 Å². The molecule has 20 heavy (non-hydrogen) atoms. The average Bonchev–Trinajstić information content (AvgIpc) is 2.69. The van der Waals surface area contributed by atoms with Crippen LogP contribution in [0.3, 0.4) is 0 Å². The van der Waals surface area contributed by atoms with Gasteiger partial charge in [0, 0.05) is 12.2 Å². The zero-order valence-corrected chi connectivity index (χ0v) is 12.9. The van der Waals surface area contributed by atoms with E-state index in [1.165, 1.54) is 0 Å². The molecular weight excluding hydrogens is 274 g/mol. The maximum atomic E-state index is 12.4. The summed E-state index contributed by atoms with van der Waals surface area (Å²) in [4.78, 5) is 12.4. The van der Waals surface area contributed by atoms with Crippen LogP contribution in [0.15, 0.2) is 18.2 Å². The fraction of sp³-hybridized carbons (Fsp3) is 0.333. The molecule has 0 spiro atoms. The zero-order valence-electron chi connectivity index (χ0n) is 12.1. The molecule has 1 N–H and O–H groups in total. The van der Waals surface area contributed by atoms with E-state index in [0.717, 1.165) is 16.8 Å². The molecule has 2 aromatic rings. The molecule has 4 nitrogen and oxygen atoms in total. The lowest BCUT2D eigenvalue weighted by atomic mass is 10.1. The Morgan fingerprint density at radius 3 is 2.70 bits per heavy atom. The predicted octanol–water partition coefficient (Wildman–Crippen LogP) is 3.73. The van der Waals surface area contributed by atoms with Gasteiger partial charge < -0.3 is 5.32 Å². The van der Waals surface area contributed by atoms with E-state index in [4.69, 9.17) is 11.6 Å². The first kappa shape index (κ1) is 14.6. The van der Waals surface area contributed by atoms with E-state index in [1.54, 1.807) is 11.6 Å². The summed E-state index contributed by atoms with van der Waals surface area (Å²) in [6, 6.07) is 5.94. The van der Waals surface area contributed by atoms with Crippen LogP contribution in [0.2, 0.25) is 5.02 Å². The van der Waals surface area contributed by atoms with Crippen LogP contribution in [0.1, 0.15) is 34.2 Å². The number of halogens is 1. The highest BCUT2D eigenvalue weighted by atomic mass is 35.5. The third-order valence-electron chi connectivity index (χ3n) is 3.21. The molecule has 0 radical (unpaired) electrons. The molecule has 0 aliphatic carbocycles. The maximum Gasteiger partial charge on any atom is 0.275 e. The molecule has 0 saturated carbocycles. The van der Waals surface area contributed by atoms with Crippen molar-refractivity contribution in [3.8, 4) is 0 Å². The Bertz CT molecular complexity index is 661. The number of nitrogens with zero attached hydrogens (tertiary/aromatic N) is 2. The number of hydrogen-bond donors (Lipinski definition) is 1. The van der Waals surface area contributed by atoms with Gasteiger partial charge in [0.25, 0.3) is 5.91 Å². The van der Waals surface area contributed by atoms with Gasteiger partial charge in [0.2, 0.25) is 0 Å². The summed E-state index contributed by atoms with van der Waals surface area (Å²) in [6.07, 6.45) is 0. The van der Waals surface area contributed by atoms with Crippen LogP contribution in [0.4, 0.5) is 5.69 Å². The second-order valence-corrected chi connectivity index (χ2v) is 5.21. The van der Waals surface area contributed by atoms with Gasteiger partial charge in [0.15, 0.2) is 0 Å². The second-order valence-electron chi connectivity index (χ2n) is 4.84. The van der Waals surface area contributed by atoms with Gasteiger partial charge in [0.05, 0.1) is 10.7 Å². The van der Waals surface area contributed by atoms with Gasteiger partial charge >= 0.3 is 0 Å². The van der Waals surface area contributed by atoms with Crippen molar-refractivity contribution >= 4 is 23.2 Å². The molecule has 0 unspecified atom stereocenters. The van der Waals surface area contributed by atoms with E-state index in [-0.39, 0.29) is 5.91 Å². The molecule has 106 valence electrons. The normalized spacial score (nSPS) is 10.7. The topological polar surface area (TPSA) is 46.9 Å². The van der Waals surface area contributed by atoms with Gasteiger partial charge in [-0.1, -0.05) is 23.7 Å². The SMILES string of the molecule is CCn1nc(C)c(Cl)c1C(=O)Nc1cc(C)ccc1C. The third kappa shape index (κ3) is 2.70. The fourth-order valence-corrected chi connectivity index (χ4v) is 2.28. The Morgan fingerprint density at radius 1 is 1.35 bits per heavy atom. The van der Waals surface area contributed by atoms with Crippen LogP contribution in [0, 0.1) is 20.8 Å². The summed E-state index contributed by atoms with van der Waals surface area (Å²) in [5.74, 6) is -0.230. The molecule has 5 heteroatoms. The number of hydrogen-bond acceptors (Lipinski definition) is 2. The summed E-state index contributed by atoms with van der Waals surface area (Å²) < 4.78 is 1.62. The Morgan fingerprint density at radius 2 is 2.05 bits per heavy atom. The minimum absolute atomic E-state index is 0.230. The molecule has 0 aliphatic heterocycles. The number of aromatic nitrogens is 2. The first-order valence-corrected chi connectivity index (χ1v) is 6.93. The molecule has 0 fully saturated rings. The summed E-state index contributed by atoms with van der Waals surface area (Å²) >= 11 is 6.18. The molecule has 1 aromatic heterocycles. The van der Waals surface area contributed by atoms with Gasteiger partial charge in [-0.3, -0.25) is 9.48 Å². The quantitative estimate of drug-likeness (QED) is 0.936. The number of carbonyl (C=O) groups is 1. The Labute approximate surface area is 123 Å². The van der Waals surface area contributed by atoms with Crippen LogP contribution in [0.5, 0.6) is 0 Å². The molecule has 2 rings (SSSR count). The molecule has 0 atom stereocenters. The van der Waals surface area contributed by atoms with Crippen LogP contribution in [-0.4, -0.2) is 15.7 Å². The van der Waals surface area contributed by atoms with Crippen molar-refractivity contribution in [3.63, 3.8) is 0 Å². The number of nitrogens with one attached hydrogen (secondary N) is 1. The minimum atomic E-state index is -0.230. The highest BCUT2D eigenvalue weighted by Crippen LogP contribution is 2.23.